The van der Waals surface area contributed by atoms with Gasteiger partial charge in [-0.3, -0.25) is 19.2 Å². The van der Waals surface area contributed by atoms with Crippen LogP contribution in [0.1, 0.15) is 18.1 Å². The SMILES string of the molecule is COc1ccc(N(CC(=O)N/N=C(/C)c2cccc([N+](=O)[O-])c2)S(=O)(=O)c2ccc(C)cc2)c(OC)c1. The number of non-ortho nitro benzene ring substituents is 1. The first-order valence-corrected chi connectivity index (χ1v) is 12.4. The Bertz CT molecular complexity index is 1440. The number of carbonyl (C=O) groups excluding carboxylic acids is 1. The maximum absolute atomic E-state index is 13.6. The fourth-order valence-corrected chi connectivity index (χ4v) is 4.78. The third kappa shape index (κ3) is 6.41. The van der Waals surface area contributed by atoms with Crippen molar-refractivity contribution in [3.05, 3.63) is 88.0 Å². The first-order valence-electron chi connectivity index (χ1n) is 11.0. The van der Waals surface area contributed by atoms with E-state index in [2.05, 4.69) is 10.5 Å². The molecule has 0 saturated heterocycles. The standard InChI is InChI=1S/C25H26N4O7S/c1-17-8-11-22(12-9-17)37(33,34)28(23-13-10-21(35-3)15-24(23)36-4)16-25(30)27-26-18(2)19-6-5-7-20(14-19)29(31)32/h5-15H,16H2,1-4H3,(H,27,30)/b26-18-. The van der Waals surface area contributed by atoms with Gasteiger partial charge in [-0.05, 0) is 38.1 Å². The number of rotatable bonds is 10. The van der Waals surface area contributed by atoms with Gasteiger partial charge in [-0.25, -0.2) is 13.8 Å². The van der Waals surface area contributed by atoms with E-state index in [9.17, 15) is 23.3 Å². The van der Waals surface area contributed by atoms with Gasteiger partial charge >= 0.3 is 0 Å². The van der Waals surface area contributed by atoms with Gasteiger partial charge in [0.2, 0.25) is 0 Å². The zero-order valence-electron chi connectivity index (χ0n) is 20.7. The van der Waals surface area contributed by atoms with Crippen LogP contribution in [0.2, 0.25) is 0 Å². The number of nitrogens with one attached hydrogen (secondary N) is 1. The molecule has 11 nitrogen and oxygen atoms in total. The van der Waals surface area contributed by atoms with Gasteiger partial charge in [-0.15, -0.1) is 0 Å². The van der Waals surface area contributed by atoms with Crippen molar-refractivity contribution in [1.82, 2.24) is 5.43 Å². The minimum Gasteiger partial charge on any atom is -0.497 e. The van der Waals surface area contributed by atoms with E-state index in [4.69, 9.17) is 9.47 Å². The molecule has 1 amide bonds. The highest BCUT2D eigenvalue weighted by Gasteiger charge is 2.29. The predicted octanol–water partition coefficient (Wildman–Crippen LogP) is 3.66. The van der Waals surface area contributed by atoms with E-state index in [1.54, 1.807) is 31.2 Å². The van der Waals surface area contributed by atoms with Crippen LogP contribution in [0.15, 0.2) is 76.7 Å². The van der Waals surface area contributed by atoms with Gasteiger partial charge in [0.1, 0.15) is 18.0 Å². The number of anilines is 1. The third-order valence-electron chi connectivity index (χ3n) is 5.37. The molecule has 0 aromatic heterocycles. The number of nitro groups is 1. The Balaban J connectivity index is 1.95. The summed E-state index contributed by atoms with van der Waals surface area (Å²) in [5, 5.41) is 15.0. The molecule has 0 aliphatic carbocycles. The number of methoxy groups -OCH3 is 2. The van der Waals surface area contributed by atoms with Crippen molar-refractivity contribution in [2.24, 2.45) is 5.10 Å². The van der Waals surface area contributed by atoms with E-state index >= 15 is 0 Å². The van der Waals surface area contributed by atoms with Crippen molar-refractivity contribution in [2.45, 2.75) is 18.7 Å². The number of hydrazone groups is 1. The molecule has 1 N–H and O–H groups in total. The summed E-state index contributed by atoms with van der Waals surface area (Å²) < 4.78 is 38.8. The van der Waals surface area contributed by atoms with Crippen LogP contribution in [0.3, 0.4) is 0 Å². The maximum Gasteiger partial charge on any atom is 0.270 e. The first kappa shape index (κ1) is 27.1. The normalized spacial score (nSPS) is 11.5. The van der Waals surface area contributed by atoms with E-state index in [1.807, 2.05) is 6.92 Å². The number of hydrogen-bond donors (Lipinski definition) is 1. The molecule has 3 rings (SSSR count). The Morgan fingerprint density at radius 2 is 1.76 bits per heavy atom. The number of sulfonamides is 1. The van der Waals surface area contributed by atoms with Gasteiger partial charge < -0.3 is 9.47 Å². The monoisotopic (exact) mass is 526 g/mol. The largest absolute Gasteiger partial charge is 0.497 e. The van der Waals surface area contributed by atoms with Gasteiger partial charge in [-0.1, -0.05) is 29.8 Å². The van der Waals surface area contributed by atoms with Gasteiger partial charge in [-0.2, -0.15) is 5.10 Å². The second-order valence-corrected chi connectivity index (χ2v) is 9.76. The van der Waals surface area contributed by atoms with Gasteiger partial charge in [0.05, 0.1) is 35.4 Å². The molecule has 0 unspecified atom stereocenters. The van der Waals surface area contributed by atoms with E-state index in [-0.39, 0.29) is 22.0 Å². The zero-order chi connectivity index (χ0) is 27.2. The molecule has 3 aromatic carbocycles. The lowest BCUT2D eigenvalue weighted by Gasteiger charge is -2.25. The molecule has 194 valence electrons. The summed E-state index contributed by atoms with van der Waals surface area (Å²) in [7, 11) is -1.36. The second-order valence-electron chi connectivity index (χ2n) is 7.90. The number of hydrogen-bond acceptors (Lipinski definition) is 8. The minimum absolute atomic E-state index is 0.0138. The number of ether oxygens (including phenoxy) is 2. The summed E-state index contributed by atoms with van der Waals surface area (Å²) in [6.07, 6.45) is 0. The molecule has 0 aliphatic heterocycles. The fraction of sp³-hybridized carbons (Fsp3) is 0.200. The summed E-state index contributed by atoms with van der Waals surface area (Å²) >= 11 is 0. The highest BCUT2D eigenvalue weighted by Crippen LogP contribution is 2.35. The van der Waals surface area contributed by atoms with Crippen molar-refractivity contribution in [3.63, 3.8) is 0 Å². The molecule has 3 aromatic rings. The molecular weight excluding hydrogens is 500 g/mol. The molecule has 0 heterocycles. The Morgan fingerprint density at radius 1 is 1.05 bits per heavy atom. The Morgan fingerprint density at radius 3 is 2.38 bits per heavy atom. The summed E-state index contributed by atoms with van der Waals surface area (Å²) in [4.78, 5) is 23.4. The average molecular weight is 527 g/mol. The predicted molar refractivity (Wildman–Crippen MR) is 139 cm³/mol. The number of carbonyl (C=O) groups is 1. The van der Waals surface area contributed by atoms with Crippen LogP contribution in [0.25, 0.3) is 0 Å². The molecule has 0 saturated carbocycles. The van der Waals surface area contributed by atoms with Crippen LogP contribution in [0.4, 0.5) is 11.4 Å². The van der Waals surface area contributed by atoms with Crippen LogP contribution >= 0.6 is 0 Å². The number of nitro benzene ring substituents is 1. The number of aryl methyl sites for hydroxylation is 1. The molecule has 37 heavy (non-hydrogen) atoms. The van der Waals surface area contributed by atoms with E-state index in [0.717, 1.165) is 9.87 Å². The molecule has 0 atom stereocenters. The van der Waals surface area contributed by atoms with Crippen molar-refractivity contribution in [1.29, 1.82) is 0 Å². The Labute approximate surface area is 214 Å². The summed E-state index contributed by atoms with van der Waals surface area (Å²) in [5.74, 6) is -0.118. The second kappa shape index (κ2) is 11.5. The summed E-state index contributed by atoms with van der Waals surface area (Å²) in [5.41, 5.74) is 3.92. The molecule has 0 aliphatic rings. The zero-order valence-corrected chi connectivity index (χ0v) is 21.5. The van der Waals surface area contributed by atoms with E-state index < -0.39 is 27.4 Å². The van der Waals surface area contributed by atoms with Crippen molar-refractivity contribution < 1.29 is 27.6 Å². The number of nitrogens with zero attached hydrogens (tertiary/aromatic N) is 3. The lowest BCUT2D eigenvalue weighted by Crippen LogP contribution is -2.40. The first-order chi connectivity index (χ1) is 17.6. The lowest BCUT2D eigenvalue weighted by molar-refractivity contribution is -0.384. The van der Waals surface area contributed by atoms with Crippen molar-refractivity contribution in [2.75, 3.05) is 25.1 Å². The smallest absolute Gasteiger partial charge is 0.270 e. The van der Waals surface area contributed by atoms with Crippen molar-refractivity contribution in [3.8, 4) is 11.5 Å². The number of amides is 1. The Kier molecular flexibility index (Phi) is 8.45. The highest BCUT2D eigenvalue weighted by atomic mass is 32.2. The fourth-order valence-electron chi connectivity index (χ4n) is 3.35. The molecular formula is C25H26N4O7S. The number of benzene rings is 3. The Hall–Kier alpha value is -4.45. The highest BCUT2D eigenvalue weighted by molar-refractivity contribution is 7.92. The molecule has 0 radical (unpaired) electrons. The third-order valence-corrected chi connectivity index (χ3v) is 7.15. The summed E-state index contributed by atoms with van der Waals surface area (Å²) in [6, 6.07) is 16.5. The van der Waals surface area contributed by atoms with Crippen LogP contribution in [-0.2, 0) is 14.8 Å². The molecule has 0 bridgehead atoms. The van der Waals surface area contributed by atoms with Gasteiger partial charge in [0.15, 0.2) is 0 Å². The van der Waals surface area contributed by atoms with Crippen molar-refractivity contribution >= 4 is 33.0 Å². The van der Waals surface area contributed by atoms with E-state index in [1.165, 1.54) is 56.7 Å². The average Bonchev–Trinajstić information content (AvgIpc) is 2.90. The van der Waals surface area contributed by atoms with Crippen LogP contribution in [0, 0.1) is 17.0 Å². The lowest BCUT2D eigenvalue weighted by atomic mass is 10.1. The summed E-state index contributed by atoms with van der Waals surface area (Å²) in [6.45, 7) is 2.77. The van der Waals surface area contributed by atoms with Gasteiger partial charge in [0.25, 0.3) is 21.6 Å². The van der Waals surface area contributed by atoms with Crippen LogP contribution in [-0.4, -0.2) is 45.7 Å². The molecule has 0 spiro atoms. The van der Waals surface area contributed by atoms with Crippen LogP contribution < -0.4 is 19.2 Å². The topological polar surface area (TPSA) is 140 Å². The minimum atomic E-state index is -4.20. The molecule has 0 fully saturated rings. The van der Waals surface area contributed by atoms with E-state index in [0.29, 0.717) is 17.0 Å². The quantitative estimate of drug-likeness (QED) is 0.241. The van der Waals surface area contributed by atoms with Crippen LogP contribution in [0.5, 0.6) is 11.5 Å². The maximum atomic E-state index is 13.6. The van der Waals surface area contributed by atoms with Gasteiger partial charge in [0, 0.05) is 23.8 Å². The molecule has 12 heteroatoms.